The van der Waals surface area contributed by atoms with Crippen molar-refractivity contribution < 1.29 is 4.79 Å². The topological polar surface area (TPSA) is 58.1 Å². The first-order valence-electron chi connectivity index (χ1n) is 9.70. The van der Waals surface area contributed by atoms with Crippen molar-refractivity contribution in [1.82, 2.24) is 9.97 Å². The lowest BCUT2D eigenvalue weighted by molar-refractivity contribution is -0.120. The first-order valence-corrected chi connectivity index (χ1v) is 10.1. The maximum absolute atomic E-state index is 12.6. The van der Waals surface area contributed by atoms with Crippen molar-refractivity contribution in [2.75, 3.05) is 23.3 Å². The molecule has 1 aromatic carbocycles. The molecule has 2 aromatic heterocycles. The van der Waals surface area contributed by atoms with Gasteiger partial charge < -0.3 is 10.2 Å². The number of hydrogen-bond acceptors (Lipinski definition) is 4. The lowest BCUT2D eigenvalue weighted by Crippen LogP contribution is -2.38. The Balaban J connectivity index is 1.46. The van der Waals surface area contributed by atoms with E-state index in [1.165, 1.54) is 11.1 Å². The molecule has 0 saturated carbocycles. The molecule has 0 bridgehead atoms. The van der Waals surface area contributed by atoms with Gasteiger partial charge in [0.2, 0.25) is 5.91 Å². The number of nitrogens with zero attached hydrogens (tertiary/aromatic N) is 3. The van der Waals surface area contributed by atoms with Crippen LogP contribution >= 0.6 is 11.6 Å². The quantitative estimate of drug-likeness (QED) is 0.696. The lowest BCUT2D eigenvalue weighted by Gasteiger charge is -2.33. The molecule has 1 saturated heterocycles. The molecule has 28 heavy (non-hydrogen) atoms. The van der Waals surface area contributed by atoms with E-state index < -0.39 is 0 Å². The van der Waals surface area contributed by atoms with E-state index >= 15 is 0 Å². The second kappa shape index (κ2) is 8.15. The fourth-order valence-corrected chi connectivity index (χ4v) is 3.83. The molecule has 0 aliphatic carbocycles. The van der Waals surface area contributed by atoms with Crippen LogP contribution in [0.4, 0.5) is 11.5 Å². The largest absolute Gasteiger partial charge is 0.371 e. The standard InChI is InChI=1S/C22H23ClN4O/c1-2-17-13-20(18-5-3-4-6-19(18)25-17)27-11-9-15(10-12-27)22(28)26-21-8-7-16(23)14-24-21/h3-8,13-15H,2,9-12H2,1H3,(H,24,26,28). The van der Waals surface area contributed by atoms with Gasteiger partial charge in [-0.05, 0) is 43.5 Å². The van der Waals surface area contributed by atoms with Crippen LogP contribution < -0.4 is 10.2 Å². The smallest absolute Gasteiger partial charge is 0.228 e. The van der Waals surface area contributed by atoms with Crippen molar-refractivity contribution in [3.05, 3.63) is 59.4 Å². The van der Waals surface area contributed by atoms with E-state index in [9.17, 15) is 4.79 Å². The Morgan fingerprint density at radius 2 is 2.00 bits per heavy atom. The molecule has 3 heterocycles. The number of aryl methyl sites for hydroxylation is 1. The number of nitrogens with one attached hydrogen (secondary N) is 1. The van der Waals surface area contributed by atoms with E-state index in [2.05, 4.69) is 46.4 Å². The zero-order chi connectivity index (χ0) is 19.5. The van der Waals surface area contributed by atoms with E-state index in [0.29, 0.717) is 10.8 Å². The number of pyridine rings is 2. The Labute approximate surface area is 169 Å². The Morgan fingerprint density at radius 3 is 2.71 bits per heavy atom. The van der Waals surface area contributed by atoms with E-state index in [4.69, 9.17) is 16.6 Å². The van der Waals surface area contributed by atoms with Crippen LogP contribution in [-0.4, -0.2) is 29.0 Å². The summed E-state index contributed by atoms with van der Waals surface area (Å²) < 4.78 is 0. The summed E-state index contributed by atoms with van der Waals surface area (Å²) in [6, 6.07) is 13.9. The SMILES string of the molecule is CCc1cc(N2CCC(C(=O)Nc3ccc(Cl)cn3)CC2)c2ccccc2n1. The first kappa shape index (κ1) is 18.7. The van der Waals surface area contributed by atoms with Crippen molar-refractivity contribution in [1.29, 1.82) is 0 Å². The Hall–Kier alpha value is -2.66. The van der Waals surface area contributed by atoms with Crippen molar-refractivity contribution in [3.63, 3.8) is 0 Å². The van der Waals surface area contributed by atoms with Gasteiger partial charge in [-0.25, -0.2) is 4.98 Å². The molecular formula is C22H23ClN4O. The number of halogens is 1. The molecule has 0 atom stereocenters. The fraction of sp³-hybridized carbons (Fsp3) is 0.318. The van der Waals surface area contributed by atoms with Crippen LogP contribution in [0.3, 0.4) is 0 Å². The summed E-state index contributed by atoms with van der Waals surface area (Å²) in [5, 5.41) is 4.64. The molecule has 1 amide bonds. The Morgan fingerprint density at radius 1 is 1.21 bits per heavy atom. The molecule has 0 radical (unpaired) electrons. The number of piperidine rings is 1. The number of carbonyl (C=O) groups is 1. The van der Waals surface area contributed by atoms with E-state index in [1.54, 1.807) is 18.3 Å². The number of carbonyl (C=O) groups excluding carboxylic acids is 1. The molecule has 144 valence electrons. The molecule has 1 aliphatic rings. The van der Waals surface area contributed by atoms with E-state index in [0.717, 1.165) is 43.6 Å². The zero-order valence-corrected chi connectivity index (χ0v) is 16.6. The maximum Gasteiger partial charge on any atom is 0.228 e. The molecule has 0 spiro atoms. The molecule has 6 heteroatoms. The summed E-state index contributed by atoms with van der Waals surface area (Å²) in [5.74, 6) is 0.570. The van der Waals surface area contributed by atoms with Gasteiger partial charge in [-0.15, -0.1) is 0 Å². The highest BCUT2D eigenvalue weighted by Crippen LogP contribution is 2.31. The van der Waals surface area contributed by atoms with Crippen molar-refractivity contribution in [2.45, 2.75) is 26.2 Å². The van der Waals surface area contributed by atoms with Gasteiger partial charge in [0.05, 0.1) is 10.5 Å². The minimum atomic E-state index is -0.00697. The van der Waals surface area contributed by atoms with Crippen molar-refractivity contribution >= 4 is 39.9 Å². The zero-order valence-electron chi connectivity index (χ0n) is 15.9. The lowest BCUT2D eigenvalue weighted by atomic mass is 9.95. The van der Waals surface area contributed by atoms with Gasteiger partial charge in [-0.1, -0.05) is 36.7 Å². The molecule has 4 rings (SSSR count). The van der Waals surface area contributed by atoms with Crippen LogP contribution in [0, 0.1) is 5.92 Å². The normalized spacial score (nSPS) is 15.0. The molecule has 3 aromatic rings. The number of benzene rings is 1. The Bertz CT molecular complexity index is 981. The number of para-hydroxylation sites is 1. The average molecular weight is 395 g/mol. The molecule has 5 nitrogen and oxygen atoms in total. The van der Waals surface area contributed by atoms with Gasteiger partial charge >= 0.3 is 0 Å². The van der Waals surface area contributed by atoms with Crippen LogP contribution in [0.15, 0.2) is 48.7 Å². The number of anilines is 2. The van der Waals surface area contributed by atoms with Gasteiger partial charge in [0.15, 0.2) is 0 Å². The van der Waals surface area contributed by atoms with Crippen molar-refractivity contribution in [3.8, 4) is 0 Å². The summed E-state index contributed by atoms with van der Waals surface area (Å²) >= 11 is 5.85. The van der Waals surface area contributed by atoms with Crippen LogP contribution in [0.1, 0.15) is 25.5 Å². The predicted molar refractivity (Wildman–Crippen MR) is 114 cm³/mol. The molecule has 1 N–H and O–H groups in total. The van der Waals surface area contributed by atoms with Crippen LogP contribution in [0.5, 0.6) is 0 Å². The summed E-state index contributed by atoms with van der Waals surface area (Å²) in [6.45, 7) is 3.83. The molecule has 1 fully saturated rings. The fourth-order valence-electron chi connectivity index (χ4n) is 3.71. The third kappa shape index (κ3) is 3.94. The first-order chi connectivity index (χ1) is 13.6. The number of fused-ring (bicyclic) bond motifs is 1. The van der Waals surface area contributed by atoms with Crippen LogP contribution in [0.2, 0.25) is 5.02 Å². The van der Waals surface area contributed by atoms with Crippen LogP contribution in [0.25, 0.3) is 10.9 Å². The number of amides is 1. The highest BCUT2D eigenvalue weighted by atomic mass is 35.5. The minimum Gasteiger partial charge on any atom is -0.371 e. The monoisotopic (exact) mass is 394 g/mol. The van der Waals surface area contributed by atoms with Crippen molar-refractivity contribution in [2.24, 2.45) is 5.92 Å². The third-order valence-corrected chi connectivity index (χ3v) is 5.52. The van der Waals surface area contributed by atoms with Crippen LogP contribution in [-0.2, 0) is 11.2 Å². The minimum absolute atomic E-state index is 0.00697. The van der Waals surface area contributed by atoms with Gasteiger partial charge in [0.25, 0.3) is 0 Å². The molecule has 0 unspecified atom stereocenters. The predicted octanol–water partition coefficient (Wildman–Crippen LogP) is 4.70. The summed E-state index contributed by atoms with van der Waals surface area (Å²) in [4.78, 5) is 23.9. The molecule has 1 aliphatic heterocycles. The number of rotatable bonds is 4. The summed E-state index contributed by atoms with van der Waals surface area (Å²) in [7, 11) is 0. The number of hydrogen-bond donors (Lipinski definition) is 1. The highest BCUT2D eigenvalue weighted by molar-refractivity contribution is 6.30. The van der Waals surface area contributed by atoms with E-state index in [1.807, 2.05) is 6.07 Å². The van der Waals surface area contributed by atoms with E-state index in [-0.39, 0.29) is 11.8 Å². The highest BCUT2D eigenvalue weighted by Gasteiger charge is 2.26. The van der Waals surface area contributed by atoms with Gasteiger partial charge in [-0.2, -0.15) is 0 Å². The third-order valence-electron chi connectivity index (χ3n) is 5.29. The average Bonchev–Trinajstić information content (AvgIpc) is 2.74. The maximum atomic E-state index is 12.6. The van der Waals surface area contributed by atoms with Gasteiger partial charge in [-0.3, -0.25) is 9.78 Å². The summed E-state index contributed by atoms with van der Waals surface area (Å²) in [6.07, 6.45) is 4.08. The Kier molecular flexibility index (Phi) is 5.44. The van der Waals surface area contributed by atoms with Gasteiger partial charge in [0, 0.05) is 42.0 Å². The molecular weight excluding hydrogens is 372 g/mol. The second-order valence-corrected chi connectivity index (χ2v) is 7.55. The van der Waals surface area contributed by atoms with Gasteiger partial charge in [0.1, 0.15) is 5.82 Å². The number of aromatic nitrogens is 2. The second-order valence-electron chi connectivity index (χ2n) is 7.12. The summed E-state index contributed by atoms with van der Waals surface area (Å²) in [5.41, 5.74) is 3.36.